The van der Waals surface area contributed by atoms with Crippen LogP contribution in [0.5, 0.6) is 0 Å². The molecule has 1 aromatic rings. The van der Waals surface area contributed by atoms with E-state index in [0.29, 0.717) is 11.7 Å². The average Bonchev–Trinajstić information content (AvgIpc) is 2.57. The van der Waals surface area contributed by atoms with Crippen molar-refractivity contribution in [1.82, 2.24) is 0 Å². The highest BCUT2D eigenvalue weighted by atomic mass is 16.6. The van der Waals surface area contributed by atoms with Gasteiger partial charge in [-0.25, -0.2) is 0 Å². The first kappa shape index (κ1) is 12.7. The molecule has 1 aromatic carbocycles. The minimum atomic E-state index is -0.408. The molecule has 3 N–H and O–H groups in total. The van der Waals surface area contributed by atoms with Gasteiger partial charge in [0.25, 0.3) is 0 Å². The van der Waals surface area contributed by atoms with Crippen LogP contribution in [0, 0.1) is 10.1 Å². The Kier molecular flexibility index (Phi) is 4.02. The largest absolute Gasteiger partial charge is 0.393 e. The van der Waals surface area contributed by atoms with Gasteiger partial charge in [-0.15, -0.1) is 0 Å². The Morgan fingerprint density at radius 3 is 2.50 bits per heavy atom. The number of benzene rings is 1. The van der Waals surface area contributed by atoms with Gasteiger partial charge < -0.3 is 11.1 Å². The van der Waals surface area contributed by atoms with Gasteiger partial charge in [0.05, 0.1) is 4.92 Å². The maximum atomic E-state index is 11.0. The summed E-state index contributed by atoms with van der Waals surface area (Å²) in [6.07, 6.45) is 7.05. The SMILES string of the molecule is Nc1cccc(NC2CCCCCC2)c1[N+](=O)[O-]. The Morgan fingerprint density at radius 1 is 1.22 bits per heavy atom. The zero-order valence-corrected chi connectivity index (χ0v) is 10.4. The summed E-state index contributed by atoms with van der Waals surface area (Å²) in [6, 6.07) is 5.38. The third kappa shape index (κ3) is 2.91. The summed E-state index contributed by atoms with van der Waals surface area (Å²) in [5.74, 6) is 0. The number of rotatable bonds is 3. The monoisotopic (exact) mass is 249 g/mol. The van der Waals surface area contributed by atoms with E-state index in [1.54, 1.807) is 18.2 Å². The van der Waals surface area contributed by atoms with Crippen molar-refractivity contribution in [2.75, 3.05) is 11.1 Å². The molecule has 0 radical (unpaired) electrons. The maximum absolute atomic E-state index is 11.0. The van der Waals surface area contributed by atoms with Gasteiger partial charge in [-0.1, -0.05) is 31.7 Å². The molecule has 2 rings (SSSR count). The molecule has 1 aliphatic rings. The van der Waals surface area contributed by atoms with Crippen molar-refractivity contribution in [2.24, 2.45) is 0 Å². The summed E-state index contributed by atoms with van der Waals surface area (Å²) in [6.45, 7) is 0. The van der Waals surface area contributed by atoms with Crippen molar-refractivity contribution >= 4 is 17.1 Å². The lowest BCUT2D eigenvalue weighted by atomic mass is 10.1. The van der Waals surface area contributed by atoms with Crippen LogP contribution in [-0.4, -0.2) is 11.0 Å². The number of nitro groups is 1. The fourth-order valence-electron chi connectivity index (χ4n) is 2.53. The second-order valence-corrected chi connectivity index (χ2v) is 4.83. The van der Waals surface area contributed by atoms with E-state index in [1.165, 1.54) is 25.7 Å². The molecule has 0 bridgehead atoms. The van der Waals surface area contributed by atoms with E-state index < -0.39 is 4.92 Å². The minimum absolute atomic E-state index is 0.00162. The normalized spacial score (nSPS) is 17.1. The summed E-state index contributed by atoms with van der Waals surface area (Å²) in [4.78, 5) is 10.6. The molecule has 0 spiro atoms. The predicted molar refractivity (Wildman–Crippen MR) is 72.6 cm³/mol. The highest BCUT2D eigenvalue weighted by molar-refractivity contribution is 5.74. The van der Waals surface area contributed by atoms with Crippen molar-refractivity contribution < 1.29 is 4.92 Å². The lowest BCUT2D eigenvalue weighted by Crippen LogP contribution is -2.19. The molecule has 1 fully saturated rings. The molecule has 0 saturated heterocycles. The van der Waals surface area contributed by atoms with Gasteiger partial charge in [0.15, 0.2) is 0 Å². The number of nitrogen functional groups attached to an aromatic ring is 1. The third-order valence-electron chi connectivity index (χ3n) is 3.46. The van der Waals surface area contributed by atoms with Crippen LogP contribution < -0.4 is 11.1 Å². The second-order valence-electron chi connectivity index (χ2n) is 4.83. The Labute approximate surface area is 107 Å². The molecule has 0 unspecified atom stereocenters. The smallest absolute Gasteiger partial charge is 0.314 e. The van der Waals surface area contributed by atoms with E-state index in [-0.39, 0.29) is 11.4 Å². The standard InChI is InChI=1S/C13H19N3O2/c14-11-8-5-9-12(13(11)16(17)18)15-10-6-3-1-2-4-7-10/h5,8-10,15H,1-4,6-7,14H2. The summed E-state index contributed by atoms with van der Waals surface area (Å²) in [5, 5.41) is 14.3. The number of hydrogen-bond donors (Lipinski definition) is 2. The van der Waals surface area contributed by atoms with Gasteiger partial charge in [0.1, 0.15) is 11.4 Å². The molecular formula is C13H19N3O2. The average molecular weight is 249 g/mol. The van der Waals surface area contributed by atoms with Crippen molar-refractivity contribution in [3.63, 3.8) is 0 Å². The fraction of sp³-hybridized carbons (Fsp3) is 0.538. The molecule has 1 aliphatic carbocycles. The summed E-state index contributed by atoms with van der Waals surface area (Å²) < 4.78 is 0. The van der Waals surface area contributed by atoms with Crippen molar-refractivity contribution in [3.8, 4) is 0 Å². The molecule has 18 heavy (non-hydrogen) atoms. The van der Waals surface area contributed by atoms with Crippen LogP contribution in [0.1, 0.15) is 38.5 Å². The molecule has 0 amide bonds. The molecule has 0 aliphatic heterocycles. The molecule has 0 heterocycles. The van der Waals surface area contributed by atoms with Crippen LogP contribution in [-0.2, 0) is 0 Å². The predicted octanol–water partition coefficient (Wildman–Crippen LogP) is 3.31. The highest BCUT2D eigenvalue weighted by Crippen LogP contribution is 2.32. The Bertz CT molecular complexity index is 426. The topological polar surface area (TPSA) is 81.2 Å². The minimum Gasteiger partial charge on any atom is -0.393 e. The maximum Gasteiger partial charge on any atom is 0.314 e. The molecule has 0 aromatic heterocycles. The zero-order valence-electron chi connectivity index (χ0n) is 10.4. The van der Waals surface area contributed by atoms with Crippen molar-refractivity contribution in [3.05, 3.63) is 28.3 Å². The molecule has 1 saturated carbocycles. The number of nitrogens with two attached hydrogens (primary N) is 1. The first-order chi connectivity index (χ1) is 8.68. The second kappa shape index (κ2) is 5.71. The first-order valence-corrected chi connectivity index (χ1v) is 6.48. The van der Waals surface area contributed by atoms with E-state index in [0.717, 1.165) is 12.8 Å². The summed E-state index contributed by atoms with van der Waals surface area (Å²) in [7, 11) is 0. The van der Waals surface area contributed by atoms with Gasteiger partial charge in [0.2, 0.25) is 0 Å². The number of hydrogen-bond acceptors (Lipinski definition) is 4. The van der Waals surface area contributed by atoms with E-state index >= 15 is 0 Å². The van der Waals surface area contributed by atoms with Gasteiger partial charge in [-0.2, -0.15) is 0 Å². The number of anilines is 2. The van der Waals surface area contributed by atoms with Crippen molar-refractivity contribution in [2.45, 2.75) is 44.6 Å². The fourth-order valence-corrected chi connectivity index (χ4v) is 2.53. The zero-order chi connectivity index (χ0) is 13.0. The highest BCUT2D eigenvalue weighted by Gasteiger charge is 2.20. The quantitative estimate of drug-likeness (QED) is 0.372. The van der Waals surface area contributed by atoms with Crippen LogP contribution in [0.25, 0.3) is 0 Å². The molecule has 0 atom stereocenters. The van der Waals surface area contributed by atoms with E-state index in [9.17, 15) is 10.1 Å². The first-order valence-electron chi connectivity index (χ1n) is 6.48. The Balaban J connectivity index is 2.17. The van der Waals surface area contributed by atoms with Crippen LogP contribution in [0.4, 0.5) is 17.1 Å². The molecule has 5 heteroatoms. The van der Waals surface area contributed by atoms with Crippen LogP contribution in [0.15, 0.2) is 18.2 Å². The lowest BCUT2D eigenvalue weighted by molar-refractivity contribution is -0.383. The molecule has 98 valence electrons. The van der Waals surface area contributed by atoms with E-state index in [4.69, 9.17) is 5.73 Å². The number of para-hydroxylation sites is 1. The molecule has 5 nitrogen and oxygen atoms in total. The molecular weight excluding hydrogens is 230 g/mol. The van der Waals surface area contributed by atoms with Gasteiger partial charge >= 0.3 is 5.69 Å². The third-order valence-corrected chi connectivity index (χ3v) is 3.46. The van der Waals surface area contributed by atoms with Gasteiger partial charge in [-0.05, 0) is 25.0 Å². The van der Waals surface area contributed by atoms with Crippen LogP contribution in [0.2, 0.25) is 0 Å². The van der Waals surface area contributed by atoms with Crippen molar-refractivity contribution in [1.29, 1.82) is 0 Å². The van der Waals surface area contributed by atoms with Crippen LogP contribution in [0.3, 0.4) is 0 Å². The number of nitrogens with one attached hydrogen (secondary N) is 1. The van der Waals surface area contributed by atoms with E-state index in [1.807, 2.05) is 0 Å². The summed E-state index contributed by atoms with van der Waals surface area (Å²) in [5.41, 5.74) is 6.45. The van der Waals surface area contributed by atoms with Gasteiger partial charge in [0, 0.05) is 6.04 Å². The Hall–Kier alpha value is -1.78. The van der Waals surface area contributed by atoms with E-state index in [2.05, 4.69) is 5.32 Å². The number of nitrogens with zero attached hydrogens (tertiary/aromatic N) is 1. The summed E-state index contributed by atoms with van der Waals surface area (Å²) >= 11 is 0. The van der Waals surface area contributed by atoms with Gasteiger partial charge in [-0.3, -0.25) is 10.1 Å². The van der Waals surface area contributed by atoms with Crippen LogP contribution >= 0.6 is 0 Å². The Morgan fingerprint density at radius 2 is 1.89 bits per heavy atom. The number of nitro benzene ring substituents is 1. The lowest BCUT2D eigenvalue weighted by Gasteiger charge is -2.17.